The lowest BCUT2D eigenvalue weighted by Crippen LogP contribution is -2.32. The van der Waals surface area contributed by atoms with Crippen molar-refractivity contribution in [3.63, 3.8) is 0 Å². The molecule has 0 saturated carbocycles. The molecule has 0 rings (SSSR count). The molecule has 1 atom stereocenters. The van der Waals surface area contributed by atoms with Crippen LogP contribution in [-0.2, 0) is 0 Å². The Morgan fingerprint density at radius 2 is 1.87 bits per heavy atom. The van der Waals surface area contributed by atoms with Gasteiger partial charge < -0.3 is 5.32 Å². The highest BCUT2D eigenvalue weighted by atomic mass is 31.0. The molecule has 0 heterocycles. The van der Waals surface area contributed by atoms with Gasteiger partial charge in [-0.25, -0.2) is 0 Å². The Labute approximate surface area is 97.6 Å². The van der Waals surface area contributed by atoms with Crippen LogP contribution < -0.4 is 5.32 Å². The van der Waals surface area contributed by atoms with Gasteiger partial charge in [-0.1, -0.05) is 32.9 Å². The first kappa shape index (κ1) is 14.9. The fraction of sp³-hybridized carbons (Fsp3) is 0.769. The molecular formula is C13H26NP. The lowest BCUT2D eigenvalue weighted by molar-refractivity contribution is 0.620. The number of hydrogen-bond donors (Lipinski definition) is 1. The molecule has 0 fully saturated rings. The Morgan fingerprint density at radius 3 is 2.33 bits per heavy atom. The summed E-state index contributed by atoms with van der Waals surface area (Å²) in [7, 11) is 3.74. The molecule has 0 aromatic heterocycles. The average molecular weight is 227 g/mol. The van der Waals surface area contributed by atoms with E-state index in [0.717, 1.165) is 13.0 Å². The van der Waals surface area contributed by atoms with Gasteiger partial charge in [0.15, 0.2) is 0 Å². The van der Waals surface area contributed by atoms with Crippen LogP contribution in [0, 0.1) is 5.92 Å². The Morgan fingerprint density at radius 1 is 1.27 bits per heavy atom. The van der Waals surface area contributed by atoms with Crippen molar-refractivity contribution >= 4 is 14.2 Å². The van der Waals surface area contributed by atoms with Crippen molar-refractivity contribution in [2.45, 2.75) is 53.0 Å². The zero-order valence-electron chi connectivity index (χ0n) is 10.6. The SMILES string of the molecule is CCC=CC(C)NCC(=P)C(CC)CC. The van der Waals surface area contributed by atoms with Crippen molar-refractivity contribution in [2.24, 2.45) is 5.92 Å². The third kappa shape index (κ3) is 6.87. The lowest BCUT2D eigenvalue weighted by atomic mass is 9.99. The molecule has 0 spiro atoms. The smallest absolute Gasteiger partial charge is 0.0224 e. The lowest BCUT2D eigenvalue weighted by Gasteiger charge is -2.17. The van der Waals surface area contributed by atoms with E-state index >= 15 is 0 Å². The molecule has 1 N–H and O–H groups in total. The molecule has 0 aliphatic carbocycles. The standard InChI is InChI=1S/C13H26NP/c1-5-8-9-11(4)14-10-13(15)12(6-2)7-3/h8-9,11-12,14-15H,5-7,10H2,1-4H3. The Balaban J connectivity index is 3.83. The van der Waals surface area contributed by atoms with Crippen molar-refractivity contribution in [3.05, 3.63) is 12.2 Å². The van der Waals surface area contributed by atoms with Gasteiger partial charge in [0, 0.05) is 12.6 Å². The molecule has 0 amide bonds. The fourth-order valence-corrected chi connectivity index (χ4v) is 2.12. The molecule has 15 heavy (non-hydrogen) atoms. The summed E-state index contributed by atoms with van der Waals surface area (Å²) >= 11 is 0. The van der Waals surface area contributed by atoms with Crippen molar-refractivity contribution in [1.29, 1.82) is 0 Å². The number of nitrogens with one attached hydrogen (secondary N) is 1. The summed E-state index contributed by atoms with van der Waals surface area (Å²) in [6, 6.07) is 0.464. The Bertz CT molecular complexity index is 195. The largest absolute Gasteiger partial charge is 0.307 e. The number of hydrogen-bond acceptors (Lipinski definition) is 1. The van der Waals surface area contributed by atoms with Crippen LogP contribution >= 0.6 is 8.86 Å². The van der Waals surface area contributed by atoms with E-state index in [1.807, 2.05) is 0 Å². The summed E-state index contributed by atoms with van der Waals surface area (Å²) < 4.78 is 0. The van der Waals surface area contributed by atoms with Crippen LogP contribution in [0.4, 0.5) is 0 Å². The predicted octanol–water partition coefficient (Wildman–Crippen LogP) is 3.68. The van der Waals surface area contributed by atoms with Crippen LogP contribution in [0.25, 0.3) is 0 Å². The monoisotopic (exact) mass is 227 g/mol. The molecule has 88 valence electrons. The van der Waals surface area contributed by atoms with Crippen LogP contribution in [0.3, 0.4) is 0 Å². The minimum Gasteiger partial charge on any atom is -0.307 e. The highest BCUT2D eigenvalue weighted by molar-refractivity contribution is 7.21. The highest BCUT2D eigenvalue weighted by Gasteiger charge is 2.08. The molecule has 0 aromatic rings. The summed E-state index contributed by atoms with van der Waals surface area (Å²) in [5, 5.41) is 4.89. The van der Waals surface area contributed by atoms with Crippen LogP contribution in [0.1, 0.15) is 47.0 Å². The van der Waals surface area contributed by atoms with Gasteiger partial charge in [0.1, 0.15) is 0 Å². The second kappa shape index (κ2) is 9.12. The van der Waals surface area contributed by atoms with Gasteiger partial charge in [-0.3, -0.25) is 0 Å². The van der Waals surface area contributed by atoms with E-state index in [0.29, 0.717) is 12.0 Å². The maximum Gasteiger partial charge on any atom is 0.0224 e. The predicted molar refractivity (Wildman–Crippen MR) is 74.3 cm³/mol. The fourth-order valence-electron chi connectivity index (χ4n) is 1.61. The van der Waals surface area contributed by atoms with E-state index in [4.69, 9.17) is 0 Å². The van der Waals surface area contributed by atoms with Gasteiger partial charge in [0.2, 0.25) is 0 Å². The molecule has 0 aliphatic rings. The van der Waals surface area contributed by atoms with Crippen molar-refractivity contribution < 1.29 is 0 Å². The number of allylic oxidation sites excluding steroid dienone is 1. The van der Waals surface area contributed by atoms with Crippen LogP contribution in [-0.4, -0.2) is 17.9 Å². The topological polar surface area (TPSA) is 12.0 Å². The summed E-state index contributed by atoms with van der Waals surface area (Å²) in [5.41, 5.74) is 0. The molecule has 0 bridgehead atoms. The third-order valence-electron chi connectivity index (χ3n) is 2.75. The second-order valence-electron chi connectivity index (χ2n) is 4.04. The summed E-state index contributed by atoms with van der Waals surface area (Å²) in [6.07, 6.45) is 7.99. The second-order valence-corrected chi connectivity index (χ2v) is 4.69. The van der Waals surface area contributed by atoms with E-state index in [2.05, 4.69) is 54.0 Å². The van der Waals surface area contributed by atoms with Gasteiger partial charge in [-0.2, -0.15) is 0 Å². The normalized spacial score (nSPS) is 13.7. The maximum absolute atomic E-state index is 3.74. The van der Waals surface area contributed by atoms with Gasteiger partial charge >= 0.3 is 0 Å². The molecule has 0 saturated heterocycles. The average Bonchev–Trinajstić information content (AvgIpc) is 2.25. The van der Waals surface area contributed by atoms with E-state index in [1.165, 1.54) is 18.1 Å². The molecule has 0 aromatic carbocycles. The summed E-state index contributed by atoms with van der Waals surface area (Å²) in [6.45, 7) is 9.82. The molecular weight excluding hydrogens is 201 g/mol. The zero-order valence-corrected chi connectivity index (χ0v) is 11.6. The van der Waals surface area contributed by atoms with Crippen molar-refractivity contribution in [3.8, 4) is 0 Å². The van der Waals surface area contributed by atoms with Crippen LogP contribution in [0.5, 0.6) is 0 Å². The van der Waals surface area contributed by atoms with Crippen LogP contribution in [0.2, 0.25) is 0 Å². The summed E-state index contributed by atoms with van der Waals surface area (Å²) in [4.78, 5) is 0. The first-order valence-electron chi connectivity index (χ1n) is 6.12. The van der Waals surface area contributed by atoms with E-state index in [-0.39, 0.29) is 0 Å². The zero-order chi connectivity index (χ0) is 11.7. The van der Waals surface area contributed by atoms with E-state index < -0.39 is 0 Å². The summed E-state index contributed by atoms with van der Waals surface area (Å²) in [5.74, 6) is 0.705. The molecule has 0 aliphatic heterocycles. The van der Waals surface area contributed by atoms with Crippen molar-refractivity contribution in [2.75, 3.05) is 6.54 Å². The first-order valence-corrected chi connectivity index (χ1v) is 6.62. The van der Waals surface area contributed by atoms with Gasteiger partial charge in [-0.15, -0.1) is 8.86 Å². The molecule has 0 radical (unpaired) electrons. The number of rotatable bonds is 8. The van der Waals surface area contributed by atoms with Crippen LogP contribution in [0.15, 0.2) is 12.2 Å². The van der Waals surface area contributed by atoms with Gasteiger partial charge in [-0.05, 0) is 37.4 Å². The quantitative estimate of drug-likeness (QED) is 0.492. The van der Waals surface area contributed by atoms with Crippen molar-refractivity contribution in [1.82, 2.24) is 5.32 Å². The maximum atomic E-state index is 3.74. The molecule has 1 nitrogen and oxygen atoms in total. The van der Waals surface area contributed by atoms with E-state index in [9.17, 15) is 0 Å². The molecule has 1 unspecified atom stereocenters. The minimum atomic E-state index is 0.464. The molecule has 2 heteroatoms. The highest BCUT2D eigenvalue weighted by Crippen LogP contribution is 2.10. The Kier molecular flexibility index (Phi) is 9.04. The first-order chi connectivity index (χ1) is 7.15. The minimum absolute atomic E-state index is 0.464. The van der Waals surface area contributed by atoms with Gasteiger partial charge in [0.05, 0.1) is 0 Å². The Hall–Kier alpha value is -0.130. The third-order valence-corrected chi connectivity index (χ3v) is 3.34. The van der Waals surface area contributed by atoms with E-state index in [1.54, 1.807) is 0 Å². The van der Waals surface area contributed by atoms with Gasteiger partial charge in [0.25, 0.3) is 0 Å².